The molecule has 1 rings (SSSR count). The maximum atomic E-state index is 11.8. The Bertz CT molecular complexity index is 391. The average molecular weight is 242 g/mol. The van der Waals surface area contributed by atoms with Crippen molar-refractivity contribution < 1.29 is 9.53 Å². The molecule has 0 saturated heterocycles. The van der Waals surface area contributed by atoms with Gasteiger partial charge in [-0.05, 0) is 31.0 Å². The number of rotatable bonds is 3. The fourth-order valence-electron chi connectivity index (χ4n) is 1.07. The zero-order valence-corrected chi connectivity index (χ0v) is 10.4. The lowest BCUT2D eigenvalue weighted by atomic mass is 10.1. The van der Waals surface area contributed by atoms with Gasteiger partial charge < -0.3 is 10.5 Å². The Hall–Kier alpha value is -1.22. The first-order valence-electron chi connectivity index (χ1n) is 5.18. The molecule has 0 radical (unpaired) electrons. The van der Waals surface area contributed by atoms with Crippen molar-refractivity contribution in [2.45, 2.75) is 26.9 Å². The van der Waals surface area contributed by atoms with E-state index in [4.69, 9.17) is 22.1 Å². The van der Waals surface area contributed by atoms with Crippen LogP contribution in [0.15, 0.2) is 18.2 Å². The Morgan fingerprint density at radius 1 is 1.38 bits per heavy atom. The Morgan fingerprint density at radius 3 is 2.56 bits per heavy atom. The Kier molecular flexibility index (Phi) is 4.19. The highest BCUT2D eigenvalue weighted by Crippen LogP contribution is 2.21. The molecule has 0 aliphatic rings. The molecule has 0 heterocycles. The molecule has 1 atom stereocenters. The number of carbonyl (C=O) groups is 1. The van der Waals surface area contributed by atoms with Crippen LogP contribution in [0, 0.1) is 5.92 Å². The van der Waals surface area contributed by atoms with Gasteiger partial charge in [-0.2, -0.15) is 0 Å². The Labute approximate surface area is 101 Å². The van der Waals surface area contributed by atoms with Gasteiger partial charge in [-0.25, -0.2) is 4.79 Å². The SMILES string of the molecule is CC(C)C(C)OC(=O)c1cc(N)ccc1Cl. The fourth-order valence-corrected chi connectivity index (χ4v) is 1.26. The minimum atomic E-state index is -0.432. The predicted molar refractivity (Wildman–Crippen MR) is 65.6 cm³/mol. The quantitative estimate of drug-likeness (QED) is 0.654. The van der Waals surface area contributed by atoms with Crippen LogP contribution < -0.4 is 5.73 Å². The van der Waals surface area contributed by atoms with E-state index in [1.54, 1.807) is 12.1 Å². The molecule has 0 aliphatic heterocycles. The molecule has 88 valence electrons. The van der Waals surface area contributed by atoms with Crippen molar-refractivity contribution in [1.82, 2.24) is 0 Å². The molecule has 2 N–H and O–H groups in total. The first kappa shape index (κ1) is 12.8. The molecule has 0 spiro atoms. The third-order valence-electron chi connectivity index (χ3n) is 2.44. The molecule has 1 aromatic rings. The van der Waals surface area contributed by atoms with Gasteiger partial charge in [-0.15, -0.1) is 0 Å². The molecule has 0 bridgehead atoms. The lowest BCUT2D eigenvalue weighted by Gasteiger charge is -2.17. The van der Waals surface area contributed by atoms with Crippen molar-refractivity contribution in [2.24, 2.45) is 5.92 Å². The lowest BCUT2D eigenvalue weighted by Crippen LogP contribution is -2.20. The van der Waals surface area contributed by atoms with Crippen LogP contribution in [-0.4, -0.2) is 12.1 Å². The summed E-state index contributed by atoms with van der Waals surface area (Å²) < 4.78 is 5.25. The highest BCUT2D eigenvalue weighted by atomic mass is 35.5. The second kappa shape index (κ2) is 5.21. The monoisotopic (exact) mass is 241 g/mol. The molecule has 0 amide bonds. The predicted octanol–water partition coefficient (Wildman–Crippen LogP) is 3.12. The maximum Gasteiger partial charge on any atom is 0.340 e. The molecule has 1 unspecified atom stereocenters. The number of benzene rings is 1. The molecule has 4 heteroatoms. The minimum Gasteiger partial charge on any atom is -0.459 e. The molecule has 0 aliphatic carbocycles. The molecular formula is C12H16ClNO2. The number of ether oxygens (including phenoxy) is 1. The summed E-state index contributed by atoms with van der Waals surface area (Å²) in [5.74, 6) is -0.165. The normalized spacial score (nSPS) is 12.6. The van der Waals surface area contributed by atoms with Crippen molar-refractivity contribution in [3.63, 3.8) is 0 Å². The van der Waals surface area contributed by atoms with Gasteiger partial charge in [0.1, 0.15) is 6.10 Å². The van der Waals surface area contributed by atoms with Crippen LogP contribution >= 0.6 is 11.6 Å². The van der Waals surface area contributed by atoms with Gasteiger partial charge in [0.15, 0.2) is 0 Å². The summed E-state index contributed by atoms with van der Waals surface area (Å²) in [4.78, 5) is 11.8. The van der Waals surface area contributed by atoms with E-state index in [0.29, 0.717) is 16.3 Å². The molecule has 1 aromatic carbocycles. The number of nitrogens with two attached hydrogens (primary N) is 1. The minimum absolute atomic E-state index is 0.148. The van der Waals surface area contributed by atoms with Crippen LogP contribution in [0.5, 0.6) is 0 Å². The van der Waals surface area contributed by atoms with Gasteiger partial charge in [-0.1, -0.05) is 25.4 Å². The van der Waals surface area contributed by atoms with Gasteiger partial charge in [0.2, 0.25) is 0 Å². The van der Waals surface area contributed by atoms with Crippen molar-refractivity contribution >= 4 is 23.3 Å². The van der Waals surface area contributed by atoms with Crippen LogP contribution in [0.4, 0.5) is 5.69 Å². The van der Waals surface area contributed by atoms with Gasteiger partial charge in [0, 0.05) is 5.69 Å². The number of nitrogen functional groups attached to an aromatic ring is 1. The van der Waals surface area contributed by atoms with Crippen molar-refractivity contribution in [2.75, 3.05) is 5.73 Å². The van der Waals surface area contributed by atoms with E-state index in [9.17, 15) is 4.79 Å². The number of hydrogen-bond acceptors (Lipinski definition) is 3. The van der Waals surface area contributed by atoms with Crippen molar-refractivity contribution in [3.8, 4) is 0 Å². The summed E-state index contributed by atoms with van der Waals surface area (Å²) in [6, 6.07) is 4.76. The average Bonchev–Trinajstić information content (AvgIpc) is 2.21. The van der Waals surface area contributed by atoms with E-state index in [0.717, 1.165) is 0 Å². The van der Waals surface area contributed by atoms with E-state index in [2.05, 4.69) is 0 Å². The van der Waals surface area contributed by atoms with Gasteiger partial charge in [0.05, 0.1) is 10.6 Å². The molecule has 0 fully saturated rings. The third kappa shape index (κ3) is 3.14. The number of carbonyl (C=O) groups excluding carboxylic acids is 1. The van der Waals surface area contributed by atoms with Gasteiger partial charge >= 0.3 is 5.97 Å². The summed E-state index contributed by atoms with van der Waals surface area (Å²) in [6.45, 7) is 5.82. The van der Waals surface area contributed by atoms with E-state index >= 15 is 0 Å². The molecule has 3 nitrogen and oxygen atoms in total. The number of esters is 1. The zero-order chi connectivity index (χ0) is 12.3. The van der Waals surface area contributed by atoms with E-state index in [-0.39, 0.29) is 12.0 Å². The van der Waals surface area contributed by atoms with Gasteiger partial charge in [0.25, 0.3) is 0 Å². The highest BCUT2D eigenvalue weighted by Gasteiger charge is 2.17. The zero-order valence-electron chi connectivity index (χ0n) is 9.66. The molecule has 0 aromatic heterocycles. The van der Waals surface area contributed by atoms with E-state index in [1.165, 1.54) is 6.07 Å². The van der Waals surface area contributed by atoms with Crippen LogP contribution in [0.2, 0.25) is 5.02 Å². The third-order valence-corrected chi connectivity index (χ3v) is 2.77. The summed E-state index contributed by atoms with van der Waals surface area (Å²) in [7, 11) is 0. The number of anilines is 1. The van der Waals surface area contributed by atoms with Crippen LogP contribution in [0.25, 0.3) is 0 Å². The summed E-state index contributed by atoms with van der Waals surface area (Å²) in [6.07, 6.45) is -0.148. The fraction of sp³-hybridized carbons (Fsp3) is 0.417. The number of hydrogen-bond donors (Lipinski definition) is 1. The second-order valence-corrected chi connectivity index (χ2v) is 4.50. The number of halogens is 1. The summed E-state index contributed by atoms with van der Waals surface area (Å²) >= 11 is 5.90. The van der Waals surface area contributed by atoms with Crippen LogP contribution in [0.3, 0.4) is 0 Å². The standard InChI is InChI=1S/C12H16ClNO2/c1-7(2)8(3)16-12(15)10-6-9(14)4-5-11(10)13/h4-8H,14H2,1-3H3. The second-order valence-electron chi connectivity index (χ2n) is 4.09. The topological polar surface area (TPSA) is 52.3 Å². The molecule has 16 heavy (non-hydrogen) atoms. The lowest BCUT2D eigenvalue weighted by molar-refractivity contribution is 0.0238. The van der Waals surface area contributed by atoms with Crippen molar-refractivity contribution in [1.29, 1.82) is 0 Å². The largest absolute Gasteiger partial charge is 0.459 e. The maximum absolute atomic E-state index is 11.8. The highest BCUT2D eigenvalue weighted by molar-refractivity contribution is 6.33. The molecular weight excluding hydrogens is 226 g/mol. The molecule has 0 saturated carbocycles. The van der Waals surface area contributed by atoms with Crippen LogP contribution in [-0.2, 0) is 4.74 Å². The first-order chi connectivity index (χ1) is 7.41. The first-order valence-corrected chi connectivity index (χ1v) is 5.55. The Balaban J connectivity index is 2.84. The van der Waals surface area contributed by atoms with E-state index in [1.807, 2.05) is 20.8 Å². The van der Waals surface area contributed by atoms with Crippen molar-refractivity contribution in [3.05, 3.63) is 28.8 Å². The van der Waals surface area contributed by atoms with Gasteiger partial charge in [-0.3, -0.25) is 0 Å². The Morgan fingerprint density at radius 2 is 2.00 bits per heavy atom. The van der Waals surface area contributed by atoms with E-state index < -0.39 is 5.97 Å². The smallest absolute Gasteiger partial charge is 0.340 e. The van der Waals surface area contributed by atoms with Crippen LogP contribution in [0.1, 0.15) is 31.1 Å². The summed E-state index contributed by atoms with van der Waals surface area (Å²) in [5.41, 5.74) is 6.40. The summed E-state index contributed by atoms with van der Waals surface area (Å²) in [5, 5.41) is 0.357.